The van der Waals surface area contributed by atoms with Crippen molar-refractivity contribution in [2.75, 3.05) is 0 Å². The van der Waals surface area contributed by atoms with Gasteiger partial charge in [0, 0.05) is 21.7 Å². The molecular weight excluding hydrogens is 523 g/mol. The molecule has 3 aromatic rings. The van der Waals surface area contributed by atoms with E-state index in [2.05, 4.69) is 6.92 Å². The van der Waals surface area contributed by atoms with Crippen LogP contribution in [0.3, 0.4) is 0 Å². The summed E-state index contributed by atoms with van der Waals surface area (Å²) in [5, 5.41) is 1.97. The fourth-order valence-corrected chi connectivity index (χ4v) is 6.27. The first-order chi connectivity index (χ1) is 18.0. The first-order valence-corrected chi connectivity index (χ1v) is 14.1. The second-order valence-electron chi connectivity index (χ2n) is 9.45. The van der Waals surface area contributed by atoms with E-state index in [0.717, 1.165) is 41.2 Å². The third kappa shape index (κ3) is 6.23. The summed E-state index contributed by atoms with van der Waals surface area (Å²) in [6, 6.07) is 23.0. The third-order valence-electron chi connectivity index (χ3n) is 6.76. The van der Waals surface area contributed by atoms with Crippen molar-refractivity contribution >= 4 is 57.8 Å². The Bertz CT molecular complexity index is 1340. The number of benzene rings is 3. The van der Waals surface area contributed by atoms with Crippen LogP contribution in [-0.4, -0.2) is 22.0 Å². The maximum absolute atomic E-state index is 13.8. The molecule has 0 unspecified atom stereocenters. The molecule has 1 heterocycles. The number of nitrogens with zero attached hydrogens (tertiary/aromatic N) is 2. The number of para-hydroxylation sites is 1. The molecule has 4 nitrogen and oxygen atoms in total. The molecule has 2 fully saturated rings. The van der Waals surface area contributed by atoms with Crippen LogP contribution in [0.15, 0.2) is 82.7 Å². The molecule has 1 amide bonds. The molecule has 5 rings (SSSR count). The SMILES string of the molecule is C[C@@H]1CCCC[C@@H]1N1C(=O)/C(=C/c2cc(Cl)ccc2OCc2cccc(Cl)c2)SC1=Nc1ccccc1. The quantitative estimate of drug-likeness (QED) is 0.288. The van der Waals surface area contributed by atoms with Crippen LogP contribution in [0.4, 0.5) is 5.69 Å². The lowest BCUT2D eigenvalue weighted by atomic mass is 9.85. The minimum atomic E-state index is -0.0146. The van der Waals surface area contributed by atoms with Gasteiger partial charge in [-0.25, -0.2) is 4.99 Å². The second-order valence-corrected chi connectivity index (χ2v) is 11.3. The van der Waals surface area contributed by atoms with E-state index in [-0.39, 0.29) is 11.9 Å². The summed E-state index contributed by atoms with van der Waals surface area (Å²) in [5.74, 6) is 1.05. The number of amidine groups is 1. The maximum Gasteiger partial charge on any atom is 0.267 e. The van der Waals surface area contributed by atoms with Crippen molar-refractivity contribution in [1.82, 2.24) is 4.90 Å². The van der Waals surface area contributed by atoms with Crippen LogP contribution in [0.25, 0.3) is 6.08 Å². The molecule has 190 valence electrons. The van der Waals surface area contributed by atoms with Gasteiger partial charge in [0.15, 0.2) is 5.17 Å². The predicted octanol–water partition coefficient (Wildman–Crippen LogP) is 8.76. The van der Waals surface area contributed by atoms with Crippen molar-refractivity contribution in [3.63, 3.8) is 0 Å². The molecule has 2 aliphatic rings. The Balaban J connectivity index is 1.47. The van der Waals surface area contributed by atoms with Crippen molar-refractivity contribution in [2.45, 2.75) is 45.3 Å². The standard InChI is InChI=1S/C30H28Cl2N2O2S/c1-20-8-5-6-13-26(20)34-29(35)28(37-30(34)33-25-11-3-2-4-12-25)18-22-17-24(32)14-15-27(22)36-19-21-9-7-10-23(31)16-21/h2-4,7,9-12,14-18,20,26H,5-6,8,13,19H2,1H3/b28-18-,33-30?/t20-,26+/m1/s1. The average molecular weight is 552 g/mol. The first kappa shape index (κ1) is 25.9. The topological polar surface area (TPSA) is 41.9 Å². The van der Waals surface area contributed by atoms with Crippen LogP contribution in [0.2, 0.25) is 10.0 Å². The van der Waals surface area contributed by atoms with Gasteiger partial charge >= 0.3 is 0 Å². The highest BCUT2D eigenvalue weighted by molar-refractivity contribution is 8.18. The van der Waals surface area contributed by atoms with Crippen molar-refractivity contribution in [3.8, 4) is 5.75 Å². The van der Waals surface area contributed by atoms with E-state index >= 15 is 0 Å². The summed E-state index contributed by atoms with van der Waals surface area (Å²) in [7, 11) is 0. The smallest absolute Gasteiger partial charge is 0.267 e. The highest BCUT2D eigenvalue weighted by Crippen LogP contribution is 2.41. The Labute approximate surface area is 232 Å². The second kappa shape index (κ2) is 11.8. The number of carbonyl (C=O) groups is 1. The summed E-state index contributed by atoms with van der Waals surface area (Å²) in [4.78, 5) is 21.3. The average Bonchev–Trinajstić information content (AvgIpc) is 3.18. The maximum atomic E-state index is 13.8. The van der Waals surface area contributed by atoms with E-state index < -0.39 is 0 Å². The van der Waals surface area contributed by atoms with Crippen molar-refractivity contribution in [3.05, 3.63) is 98.9 Å². The molecule has 3 aromatic carbocycles. The predicted molar refractivity (Wildman–Crippen MR) is 155 cm³/mol. The summed E-state index contributed by atoms with van der Waals surface area (Å²) in [6.45, 7) is 2.59. The van der Waals surface area contributed by atoms with E-state index in [0.29, 0.717) is 33.2 Å². The van der Waals surface area contributed by atoms with Crippen molar-refractivity contribution < 1.29 is 9.53 Å². The van der Waals surface area contributed by atoms with Crippen LogP contribution >= 0.6 is 35.0 Å². The summed E-state index contributed by atoms with van der Waals surface area (Å²) < 4.78 is 6.14. The number of aliphatic imine (C=N–C) groups is 1. The van der Waals surface area contributed by atoms with Crippen molar-refractivity contribution in [2.24, 2.45) is 10.9 Å². The van der Waals surface area contributed by atoms with Crippen LogP contribution in [0, 0.1) is 5.92 Å². The molecule has 1 aliphatic carbocycles. The largest absolute Gasteiger partial charge is 0.488 e. The number of carbonyl (C=O) groups excluding carboxylic acids is 1. The van der Waals surface area contributed by atoms with Crippen LogP contribution in [0.1, 0.15) is 43.7 Å². The Hall–Kier alpha value is -2.73. The Kier molecular flexibility index (Phi) is 8.23. The van der Waals surface area contributed by atoms with E-state index in [1.54, 1.807) is 6.07 Å². The van der Waals surface area contributed by atoms with Gasteiger partial charge in [0.2, 0.25) is 0 Å². The van der Waals surface area contributed by atoms with Gasteiger partial charge < -0.3 is 4.74 Å². The first-order valence-electron chi connectivity index (χ1n) is 12.5. The molecule has 2 atom stereocenters. The molecule has 1 aliphatic heterocycles. The van der Waals surface area contributed by atoms with Gasteiger partial charge in [-0.2, -0.15) is 0 Å². The number of hydrogen-bond donors (Lipinski definition) is 0. The number of rotatable bonds is 6. The summed E-state index contributed by atoms with van der Waals surface area (Å²) in [5.41, 5.74) is 2.55. The van der Waals surface area contributed by atoms with Gasteiger partial charge in [-0.3, -0.25) is 9.69 Å². The van der Waals surface area contributed by atoms with Gasteiger partial charge in [0.05, 0.1) is 10.6 Å². The van der Waals surface area contributed by atoms with Gasteiger partial charge in [0.25, 0.3) is 5.91 Å². The normalized spacial score (nSPS) is 22.1. The van der Waals surface area contributed by atoms with E-state index in [4.69, 9.17) is 32.9 Å². The zero-order chi connectivity index (χ0) is 25.8. The minimum Gasteiger partial charge on any atom is -0.488 e. The van der Waals surface area contributed by atoms with Gasteiger partial charge in [-0.1, -0.05) is 73.3 Å². The number of hydrogen-bond acceptors (Lipinski definition) is 4. The number of ether oxygens (including phenoxy) is 1. The van der Waals surface area contributed by atoms with Gasteiger partial charge in [-0.05, 0) is 84.6 Å². The zero-order valence-corrected chi connectivity index (χ0v) is 22.9. The van der Waals surface area contributed by atoms with Gasteiger partial charge in [-0.15, -0.1) is 0 Å². The van der Waals surface area contributed by atoms with Crippen LogP contribution < -0.4 is 4.74 Å². The molecule has 7 heteroatoms. The molecule has 37 heavy (non-hydrogen) atoms. The van der Waals surface area contributed by atoms with Crippen molar-refractivity contribution in [1.29, 1.82) is 0 Å². The monoisotopic (exact) mass is 550 g/mol. The number of amides is 1. The highest BCUT2D eigenvalue weighted by atomic mass is 35.5. The number of halogens is 2. The van der Waals surface area contributed by atoms with Gasteiger partial charge in [0.1, 0.15) is 12.4 Å². The molecule has 0 radical (unpaired) electrons. The highest BCUT2D eigenvalue weighted by Gasteiger charge is 2.41. The lowest BCUT2D eigenvalue weighted by molar-refractivity contribution is -0.124. The molecule has 1 saturated heterocycles. The lowest BCUT2D eigenvalue weighted by Crippen LogP contribution is -2.44. The fourth-order valence-electron chi connectivity index (χ4n) is 4.84. The molecular formula is C30H28Cl2N2O2S. The minimum absolute atomic E-state index is 0.0146. The van der Waals surface area contributed by atoms with E-state index in [1.807, 2.05) is 77.7 Å². The molecule has 0 bridgehead atoms. The Morgan fingerprint density at radius 1 is 1.00 bits per heavy atom. The Morgan fingerprint density at radius 2 is 1.78 bits per heavy atom. The molecule has 0 spiro atoms. The Morgan fingerprint density at radius 3 is 2.57 bits per heavy atom. The summed E-state index contributed by atoms with van der Waals surface area (Å²) >= 11 is 13.9. The van der Waals surface area contributed by atoms with E-state index in [9.17, 15) is 4.79 Å². The third-order valence-corrected chi connectivity index (χ3v) is 8.21. The van der Waals surface area contributed by atoms with Crippen LogP contribution in [-0.2, 0) is 11.4 Å². The molecule has 0 N–H and O–H groups in total. The van der Waals surface area contributed by atoms with E-state index in [1.165, 1.54) is 18.2 Å². The summed E-state index contributed by atoms with van der Waals surface area (Å²) in [6.07, 6.45) is 6.31. The number of thioether (sulfide) groups is 1. The van der Waals surface area contributed by atoms with Crippen LogP contribution in [0.5, 0.6) is 5.75 Å². The lowest BCUT2D eigenvalue weighted by Gasteiger charge is -2.35. The molecule has 0 aromatic heterocycles. The molecule has 1 saturated carbocycles. The zero-order valence-electron chi connectivity index (χ0n) is 20.6. The fraction of sp³-hybridized carbons (Fsp3) is 0.267.